The van der Waals surface area contributed by atoms with E-state index in [2.05, 4.69) is 5.32 Å². The summed E-state index contributed by atoms with van der Waals surface area (Å²) >= 11 is 0. The number of hydrogen-bond donors (Lipinski definition) is 1. The number of carbonyl (C=O) groups is 3. The van der Waals surface area contributed by atoms with Crippen molar-refractivity contribution in [3.63, 3.8) is 0 Å². The van der Waals surface area contributed by atoms with Crippen molar-refractivity contribution in [3.05, 3.63) is 77.6 Å². The lowest BCUT2D eigenvalue weighted by Gasteiger charge is -2.07. The second kappa shape index (κ2) is 6.97. The number of rotatable bonds is 5. The van der Waals surface area contributed by atoms with Gasteiger partial charge in [-0.05, 0) is 43.3 Å². The molecule has 0 atom stereocenters. The molecule has 124 valence electrons. The summed E-state index contributed by atoms with van der Waals surface area (Å²) in [7, 11) is 0. The molecule has 1 aromatic heterocycles. The normalized spacial score (nSPS) is 10.3. The fourth-order valence-corrected chi connectivity index (χ4v) is 2.40. The van der Waals surface area contributed by atoms with Gasteiger partial charge in [0.25, 0.3) is 5.91 Å². The molecule has 0 aliphatic heterocycles. The second-order valence-corrected chi connectivity index (χ2v) is 5.49. The number of aldehydes is 1. The standard InChI is InChI=1S/C20H15NO4/c1-13(23)14-4-3-7-17(11-14)21-20(24)16-6-2-5-15(10-16)19-9-8-18(12-22)25-19/h2-12H,1H3,(H,21,24). The minimum atomic E-state index is -0.301. The third kappa shape index (κ3) is 3.72. The molecule has 5 heteroatoms. The molecular weight excluding hydrogens is 318 g/mol. The van der Waals surface area contributed by atoms with E-state index in [9.17, 15) is 14.4 Å². The largest absolute Gasteiger partial charge is 0.453 e. The Balaban J connectivity index is 1.83. The first kappa shape index (κ1) is 16.4. The number of ketones is 1. The number of anilines is 1. The van der Waals surface area contributed by atoms with Crippen LogP contribution in [0.1, 0.15) is 38.2 Å². The molecule has 0 radical (unpaired) electrons. The van der Waals surface area contributed by atoms with Crippen molar-refractivity contribution in [1.29, 1.82) is 0 Å². The van der Waals surface area contributed by atoms with Crippen LogP contribution in [0.25, 0.3) is 11.3 Å². The van der Waals surface area contributed by atoms with E-state index in [1.54, 1.807) is 60.7 Å². The van der Waals surface area contributed by atoms with Gasteiger partial charge in [0.2, 0.25) is 0 Å². The van der Waals surface area contributed by atoms with Crippen LogP contribution in [0.3, 0.4) is 0 Å². The zero-order valence-electron chi connectivity index (χ0n) is 13.5. The van der Waals surface area contributed by atoms with Gasteiger partial charge in [-0.15, -0.1) is 0 Å². The maximum Gasteiger partial charge on any atom is 0.255 e. The molecule has 0 unspecified atom stereocenters. The molecule has 1 N–H and O–H groups in total. The highest BCUT2D eigenvalue weighted by Gasteiger charge is 2.10. The van der Waals surface area contributed by atoms with Gasteiger partial charge in [-0.1, -0.05) is 24.3 Å². The number of amides is 1. The number of hydrogen-bond acceptors (Lipinski definition) is 4. The van der Waals surface area contributed by atoms with Crippen molar-refractivity contribution < 1.29 is 18.8 Å². The summed E-state index contributed by atoms with van der Waals surface area (Å²) in [4.78, 5) is 34.6. The first-order valence-electron chi connectivity index (χ1n) is 7.64. The van der Waals surface area contributed by atoms with Gasteiger partial charge in [-0.25, -0.2) is 0 Å². The summed E-state index contributed by atoms with van der Waals surface area (Å²) < 4.78 is 5.38. The van der Waals surface area contributed by atoms with Gasteiger partial charge >= 0.3 is 0 Å². The van der Waals surface area contributed by atoms with Crippen LogP contribution in [0, 0.1) is 0 Å². The van der Waals surface area contributed by atoms with Gasteiger partial charge in [0.1, 0.15) is 5.76 Å². The number of Topliss-reactive ketones (excluding diaryl/α,β-unsaturated/α-hetero) is 1. The van der Waals surface area contributed by atoms with E-state index in [1.165, 1.54) is 6.92 Å². The van der Waals surface area contributed by atoms with Crippen LogP contribution in [0.5, 0.6) is 0 Å². The Hall–Kier alpha value is -3.47. The van der Waals surface area contributed by atoms with Crippen LogP contribution in [0.4, 0.5) is 5.69 Å². The molecule has 1 amide bonds. The average Bonchev–Trinajstić information content (AvgIpc) is 3.11. The monoisotopic (exact) mass is 333 g/mol. The molecule has 0 saturated carbocycles. The molecule has 0 aliphatic rings. The predicted molar refractivity (Wildman–Crippen MR) is 93.9 cm³/mol. The minimum absolute atomic E-state index is 0.0677. The van der Waals surface area contributed by atoms with Crippen molar-refractivity contribution in [2.75, 3.05) is 5.32 Å². The predicted octanol–water partition coefficient (Wildman–Crippen LogP) is 4.21. The molecule has 3 rings (SSSR count). The van der Waals surface area contributed by atoms with E-state index in [1.807, 2.05) is 0 Å². The fraction of sp³-hybridized carbons (Fsp3) is 0.0500. The maximum absolute atomic E-state index is 12.5. The summed E-state index contributed by atoms with van der Waals surface area (Å²) in [6.45, 7) is 1.47. The molecule has 3 aromatic rings. The third-order valence-corrected chi connectivity index (χ3v) is 3.68. The van der Waals surface area contributed by atoms with E-state index in [0.717, 1.165) is 0 Å². The van der Waals surface area contributed by atoms with Crippen LogP contribution >= 0.6 is 0 Å². The lowest BCUT2D eigenvalue weighted by Crippen LogP contribution is -2.12. The van der Waals surface area contributed by atoms with Gasteiger partial charge in [-0.2, -0.15) is 0 Å². The summed E-state index contributed by atoms with van der Waals surface area (Å²) in [5.74, 6) is 0.368. The summed E-state index contributed by atoms with van der Waals surface area (Å²) in [5, 5.41) is 2.77. The Morgan fingerprint density at radius 2 is 1.72 bits per heavy atom. The van der Waals surface area contributed by atoms with Crippen molar-refractivity contribution in [1.82, 2.24) is 0 Å². The van der Waals surface area contributed by atoms with E-state index in [0.29, 0.717) is 34.4 Å². The van der Waals surface area contributed by atoms with E-state index < -0.39 is 0 Å². The highest BCUT2D eigenvalue weighted by atomic mass is 16.3. The zero-order chi connectivity index (χ0) is 17.8. The van der Waals surface area contributed by atoms with Crippen molar-refractivity contribution in [3.8, 4) is 11.3 Å². The Kier molecular flexibility index (Phi) is 4.57. The quantitative estimate of drug-likeness (QED) is 0.560. The van der Waals surface area contributed by atoms with Crippen molar-refractivity contribution >= 4 is 23.7 Å². The van der Waals surface area contributed by atoms with Crippen LogP contribution in [0.15, 0.2) is 65.1 Å². The van der Waals surface area contributed by atoms with Gasteiger partial charge in [-0.3, -0.25) is 14.4 Å². The summed E-state index contributed by atoms with van der Waals surface area (Å²) in [6.07, 6.45) is 0.627. The highest BCUT2D eigenvalue weighted by molar-refractivity contribution is 6.05. The van der Waals surface area contributed by atoms with Crippen LogP contribution in [-0.4, -0.2) is 18.0 Å². The summed E-state index contributed by atoms with van der Waals surface area (Å²) in [5.41, 5.74) is 2.21. The molecule has 2 aromatic carbocycles. The molecule has 1 heterocycles. The molecular formula is C20H15NO4. The molecule has 25 heavy (non-hydrogen) atoms. The van der Waals surface area contributed by atoms with Crippen LogP contribution < -0.4 is 5.32 Å². The number of carbonyl (C=O) groups excluding carboxylic acids is 3. The molecule has 0 fully saturated rings. The maximum atomic E-state index is 12.5. The lowest BCUT2D eigenvalue weighted by molar-refractivity contribution is 0.101. The van der Waals surface area contributed by atoms with E-state index in [-0.39, 0.29) is 17.5 Å². The third-order valence-electron chi connectivity index (χ3n) is 3.68. The van der Waals surface area contributed by atoms with Crippen LogP contribution in [0.2, 0.25) is 0 Å². The molecule has 0 aliphatic carbocycles. The van der Waals surface area contributed by atoms with Crippen molar-refractivity contribution in [2.24, 2.45) is 0 Å². The highest BCUT2D eigenvalue weighted by Crippen LogP contribution is 2.23. The van der Waals surface area contributed by atoms with E-state index >= 15 is 0 Å². The topological polar surface area (TPSA) is 76.4 Å². The fourth-order valence-electron chi connectivity index (χ4n) is 2.40. The minimum Gasteiger partial charge on any atom is -0.453 e. The summed E-state index contributed by atoms with van der Waals surface area (Å²) in [6, 6.07) is 16.9. The van der Waals surface area contributed by atoms with Gasteiger partial charge < -0.3 is 9.73 Å². The Labute approximate surface area is 144 Å². The Morgan fingerprint density at radius 1 is 0.960 bits per heavy atom. The molecule has 5 nitrogen and oxygen atoms in total. The van der Waals surface area contributed by atoms with Gasteiger partial charge in [0.15, 0.2) is 17.8 Å². The Bertz CT molecular complexity index is 956. The van der Waals surface area contributed by atoms with Gasteiger partial charge in [0.05, 0.1) is 0 Å². The first-order valence-corrected chi connectivity index (χ1v) is 7.64. The smallest absolute Gasteiger partial charge is 0.255 e. The van der Waals surface area contributed by atoms with Gasteiger partial charge in [0, 0.05) is 22.4 Å². The van der Waals surface area contributed by atoms with E-state index in [4.69, 9.17) is 4.42 Å². The van der Waals surface area contributed by atoms with Crippen molar-refractivity contribution in [2.45, 2.75) is 6.92 Å². The number of furan rings is 1. The lowest BCUT2D eigenvalue weighted by atomic mass is 10.1. The molecule has 0 bridgehead atoms. The number of nitrogens with one attached hydrogen (secondary N) is 1. The van der Waals surface area contributed by atoms with Crippen LogP contribution in [-0.2, 0) is 0 Å². The SMILES string of the molecule is CC(=O)c1cccc(NC(=O)c2cccc(-c3ccc(C=O)o3)c2)c1. The second-order valence-electron chi connectivity index (χ2n) is 5.49. The Morgan fingerprint density at radius 3 is 2.44 bits per heavy atom. The first-order chi connectivity index (χ1) is 12.1. The average molecular weight is 333 g/mol. The molecule has 0 saturated heterocycles. The number of benzene rings is 2. The zero-order valence-corrected chi connectivity index (χ0v) is 13.5. The molecule has 0 spiro atoms.